The normalized spacial score (nSPS) is 11.8. The van der Waals surface area contributed by atoms with Crippen LogP contribution in [0.15, 0.2) is 36.9 Å². The Morgan fingerprint density at radius 1 is 1.50 bits per heavy atom. The van der Waals surface area contributed by atoms with Crippen LogP contribution >= 0.6 is 0 Å². The highest BCUT2D eigenvalue weighted by molar-refractivity contribution is 5.28. The van der Waals surface area contributed by atoms with E-state index < -0.39 is 17.6 Å². The Bertz CT molecular complexity index is 361. The Kier molecular flexibility index (Phi) is 4.47. The van der Waals surface area contributed by atoms with Crippen LogP contribution in [0.25, 0.3) is 0 Å². The number of benzene rings is 1. The number of hydrogen-bond donors (Lipinski definition) is 1. The number of ether oxygens (including phenoxy) is 1. The molecule has 1 aromatic rings. The van der Waals surface area contributed by atoms with Gasteiger partial charge in [0.2, 0.25) is 6.54 Å². The second-order valence-electron chi connectivity index (χ2n) is 3.20. The highest BCUT2D eigenvalue weighted by atomic mass is 16.6. The van der Waals surface area contributed by atoms with Crippen LogP contribution in [0.5, 0.6) is 5.75 Å². The van der Waals surface area contributed by atoms with E-state index in [0.717, 1.165) is 0 Å². The molecule has 86 valence electrons. The van der Waals surface area contributed by atoms with Crippen LogP contribution in [-0.4, -0.2) is 23.2 Å². The van der Waals surface area contributed by atoms with Crippen molar-refractivity contribution in [1.29, 1.82) is 0 Å². The van der Waals surface area contributed by atoms with Gasteiger partial charge < -0.3 is 9.84 Å². The minimum absolute atomic E-state index is 0.400. The second-order valence-corrected chi connectivity index (χ2v) is 3.20. The third-order valence-corrected chi connectivity index (χ3v) is 1.95. The third-order valence-electron chi connectivity index (χ3n) is 1.95. The SMILES string of the molecule is C=CCOc1ccc(C(O)C[N+](=O)[O-])cc1. The van der Waals surface area contributed by atoms with Crippen LogP contribution in [0.1, 0.15) is 11.7 Å². The number of nitrogens with zero attached hydrogens (tertiary/aromatic N) is 1. The average molecular weight is 223 g/mol. The third kappa shape index (κ3) is 3.70. The van der Waals surface area contributed by atoms with Crippen LogP contribution < -0.4 is 4.74 Å². The maximum atomic E-state index is 10.2. The summed E-state index contributed by atoms with van der Waals surface area (Å²) in [5, 5.41) is 19.7. The van der Waals surface area contributed by atoms with Crippen molar-refractivity contribution < 1.29 is 14.8 Å². The highest BCUT2D eigenvalue weighted by Crippen LogP contribution is 2.17. The van der Waals surface area contributed by atoms with E-state index in [4.69, 9.17) is 4.74 Å². The minimum atomic E-state index is -1.08. The molecule has 0 spiro atoms. The number of rotatable bonds is 6. The zero-order valence-corrected chi connectivity index (χ0v) is 8.70. The molecule has 0 bridgehead atoms. The fraction of sp³-hybridized carbons (Fsp3) is 0.273. The minimum Gasteiger partial charge on any atom is -0.490 e. The van der Waals surface area contributed by atoms with E-state index in [9.17, 15) is 15.2 Å². The van der Waals surface area contributed by atoms with E-state index in [2.05, 4.69) is 6.58 Å². The standard InChI is InChI=1S/C11H13NO4/c1-2-7-16-10-5-3-9(4-6-10)11(13)8-12(14)15/h2-6,11,13H,1,7-8H2. The topological polar surface area (TPSA) is 72.6 Å². The molecule has 0 aliphatic rings. The van der Waals surface area contributed by atoms with Gasteiger partial charge in [-0.15, -0.1) is 0 Å². The molecule has 1 N–H and O–H groups in total. The Labute approximate surface area is 93.1 Å². The molecule has 1 aromatic carbocycles. The maximum Gasteiger partial charge on any atom is 0.233 e. The molecular weight excluding hydrogens is 210 g/mol. The van der Waals surface area contributed by atoms with Gasteiger partial charge in [0.05, 0.1) is 0 Å². The summed E-state index contributed by atoms with van der Waals surface area (Å²) in [6.45, 7) is 3.42. The van der Waals surface area contributed by atoms with Gasteiger partial charge in [-0.25, -0.2) is 0 Å². The van der Waals surface area contributed by atoms with Gasteiger partial charge in [0.15, 0.2) is 0 Å². The molecule has 0 saturated heterocycles. The Hall–Kier alpha value is -1.88. The monoisotopic (exact) mass is 223 g/mol. The second kappa shape index (κ2) is 5.87. The Morgan fingerprint density at radius 3 is 2.62 bits per heavy atom. The molecule has 0 radical (unpaired) electrons. The molecule has 0 aliphatic heterocycles. The predicted octanol–water partition coefficient (Wildman–Crippen LogP) is 1.56. The van der Waals surface area contributed by atoms with Gasteiger partial charge in [-0.05, 0) is 17.7 Å². The van der Waals surface area contributed by atoms with E-state index in [0.29, 0.717) is 17.9 Å². The molecule has 1 atom stereocenters. The lowest BCUT2D eigenvalue weighted by Gasteiger charge is -2.07. The van der Waals surface area contributed by atoms with Gasteiger partial charge in [-0.1, -0.05) is 24.8 Å². The van der Waals surface area contributed by atoms with Crippen molar-refractivity contribution in [3.63, 3.8) is 0 Å². The van der Waals surface area contributed by atoms with Gasteiger partial charge in [-0.3, -0.25) is 10.1 Å². The van der Waals surface area contributed by atoms with E-state index >= 15 is 0 Å². The first-order chi connectivity index (χ1) is 7.63. The van der Waals surface area contributed by atoms with Crippen molar-refractivity contribution in [2.24, 2.45) is 0 Å². The molecule has 0 aliphatic carbocycles. The van der Waals surface area contributed by atoms with E-state index in [-0.39, 0.29) is 0 Å². The summed E-state index contributed by atoms with van der Waals surface area (Å²) in [5.74, 6) is 0.636. The zero-order chi connectivity index (χ0) is 12.0. The summed E-state index contributed by atoms with van der Waals surface area (Å²) in [5.41, 5.74) is 0.502. The fourth-order valence-electron chi connectivity index (χ4n) is 1.19. The quantitative estimate of drug-likeness (QED) is 0.451. The van der Waals surface area contributed by atoms with Crippen LogP contribution in [0.2, 0.25) is 0 Å². The largest absolute Gasteiger partial charge is 0.490 e. The van der Waals surface area contributed by atoms with E-state index in [1.165, 1.54) is 0 Å². The molecule has 5 nitrogen and oxygen atoms in total. The summed E-state index contributed by atoms with van der Waals surface area (Å²) in [4.78, 5) is 9.65. The van der Waals surface area contributed by atoms with Gasteiger partial charge in [0, 0.05) is 4.92 Å². The molecule has 0 saturated carbocycles. The molecule has 0 aromatic heterocycles. The summed E-state index contributed by atoms with van der Waals surface area (Å²) in [6, 6.07) is 6.52. The summed E-state index contributed by atoms with van der Waals surface area (Å²) >= 11 is 0. The molecule has 16 heavy (non-hydrogen) atoms. The van der Waals surface area contributed by atoms with E-state index in [1.807, 2.05) is 0 Å². The first-order valence-electron chi connectivity index (χ1n) is 4.77. The van der Waals surface area contributed by atoms with Crippen LogP contribution in [0, 0.1) is 10.1 Å². The lowest BCUT2D eigenvalue weighted by Crippen LogP contribution is -2.11. The molecule has 0 heterocycles. The van der Waals surface area contributed by atoms with E-state index in [1.54, 1.807) is 30.3 Å². The number of hydrogen-bond acceptors (Lipinski definition) is 4. The van der Waals surface area contributed by atoms with Crippen molar-refractivity contribution in [3.05, 3.63) is 52.6 Å². The van der Waals surface area contributed by atoms with Gasteiger partial charge in [0.25, 0.3) is 0 Å². The molecule has 0 amide bonds. The zero-order valence-electron chi connectivity index (χ0n) is 8.70. The van der Waals surface area contributed by atoms with Gasteiger partial charge in [0.1, 0.15) is 18.5 Å². The van der Waals surface area contributed by atoms with Gasteiger partial charge in [-0.2, -0.15) is 0 Å². The highest BCUT2D eigenvalue weighted by Gasteiger charge is 2.13. The van der Waals surface area contributed by atoms with Crippen molar-refractivity contribution >= 4 is 0 Å². The van der Waals surface area contributed by atoms with Crippen molar-refractivity contribution in [3.8, 4) is 5.75 Å². The van der Waals surface area contributed by atoms with Crippen molar-refractivity contribution in [2.45, 2.75) is 6.10 Å². The summed E-state index contributed by atoms with van der Waals surface area (Å²) in [7, 11) is 0. The first-order valence-corrected chi connectivity index (χ1v) is 4.77. The lowest BCUT2D eigenvalue weighted by molar-refractivity contribution is -0.491. The molecule has 1 unspecified atom stereocenters. The first kappa shape index (κ1) is 12.2. The molecule has 5 heteroatoms. The number of nitro groups is 1. The average Bonchev–Trinajstić information content (AvgIpc) is 2.26. The van der Waals surface area contributed by atoms with Gasteiger partial charge >= 0.3 is 0 Å². The molecular formula is C11H13NO4. The van der Waals surface area contributed by atoms with Crippen LogP contribution in [0.4, 0.5) is 0 Å². The molecule has 0 fully saturated rings. The Morgan fingerprint density at radius 2 is 2.12 bits per heavy atom. The smallest absolute Gasteiger partial charge is 0.233 e. The van der Waals surface area contributed by atoms with Crippen molar-refractivity contribution in [1.82, 2.24) is 0 Å². The number of aliphatic hydroxyl groups excluding tert-OH is 1. The maximum absolute atomic E-state index is 10.2. The molecule has 1 rings (SSSR count). The summed E-state index contributed by atoms with van der Waals surface area (Å²) in [6.07, 6.45) is 0.540. The number of aliphatic hydroxyl groups is 1. The fourth-order valence-corrected chi connectivity index (χ4v) is 1.19. The lowest BCUT2D eigenvalue weighted by atomic mass is 10.1. The Balaban J connectivity index is 2.62. The summed E-state index contributed by atoms with van der Waals surface area (Å²) < 4.78 is 5.24. The van der Waals surface area contributed by atoms with Crippen LogP contribution in [-0.2, 0) is 0 Å². The predicted molar refractivity (Wildman–Crippen MR) is 59.0 cm³/mol. The van der Waals surface area contributed by atoms with Crippen LogP contribution in [0.3, 0.4) is 0 Å². The van der Waals surface area contributed by atoms with Crippen molar-refractivity contribution in [2.75, 3.05) is 13.2 Å².